The molecule has 0 unspecified atom stereocenters. The van der Waals surface area contributed by atoms with Crippen LogP contribution in [0.5, 0.6) is 17.2 Å². The minimum atomic E-state index is -0.127. The zero-order valence-electron chi connectivity index (χ0n) is 17.8. The average molecular weight is 513 g/mol. The number of nitrogens with zero attached hydrogens (tertiary/aromatic N) is 1. The Morgan fingerprint density at radius 3 is 2.28 bits per heavy atom. The summed E-state index contributed by atoms with van der Waals surface area (Å²) in [4.78, 5) is 4.28. The highest BCUT2D eigenvalue weighted by Gasteiger charge is 2.22. The third-order valence-corrected chi connectivity index (χ3v) is 4.49. The van der Waals surface area contributed by atoms with Gasteiger partial charge in [0.1, 0.15) is 12.4 Å². The van der Waals surface area contributed by atoms with Crippen molar-refractivity contribution in [2.45, 2.75) is 19.3 Å². The molecule has 0 heterocycles. The maximum atomic E-state index is 5.69. The molecule has 0 atom stereocenters. The Hall–Kier alpha value is -2.16. The van der Waals surface area contributed by atoms with Gasteiger partial charge in [-0.1, -0.05) is 38.1 Å². The van der Waals surface area contributed by atoms with E-state index in [-0.39, 0.29) is 29.4 Å². The van der Waals surface area contributed by atoms with Gasteiger partial charge in [0.25, 0.3) is 0 Å². The number of aliphatic imine (C=N–C) groups is 1. The van der Waals surface area contributed by atoms with E-state index in [1.807, 2.05) is 42.5 Å². The highest BCUT2D eigenvalue weighted by atomic mass is 127. The van der Waals surface area contributed by atoms with Crippen LogP contribution >= 0.6 is 24.0 Å². The molecule has 29 heavy (non-hydrogen) atoms. The van der Waals surface area contributed by atoms with Crippen molar-refractivity contribution in [1.29, 1.82) is 0 Å². The Morgan fingerprint density at radius 1 is 0.966 bits per heavy atom. The molecule has 0 saturated carbocycles. The summed E-state index contributed by atoms with van der Waals surface area (Å²) in [6.07, 6.45) is 0. The molecule has 0 bridgehead atoms. The fourth-order valence-corrected chi connectivity index (χ4v) is 2.74. The van der Waals surface area contributed by atoms with Crippen molar-refractivity contribution < 1.29 is 14.2 Å². The number of hydrogen-bond acceptors (Lipinski definition) is 4. The number of hydrogen-bond donors (Lipinski definition) is 2. The lowest BCUT2D eigenvalue weighted by atomic mass is 9.84. The Labute approximate surface area is 191 Å². The molecular formula is C22H32IN3O3. The first-order valence-electron chi connectivity index (χ1n) is 9.35. The van der Waals surface area contributed by atoms with Crippen molar-refractivity contribution >= 4 is 29.9 Å². The van der Waals surface area contributed by atoms with E-state index in [1.165, 1.54) is 0 Å². The first kappa shape index (κ1) is 24.9. The molecule has 0 fully saturated rings. The van der Waals surface area contributed by atoms with Gasteiger partial charge in [-0.15, -0.1) is 24.0 Å². The highest BCUT2D eigenvalue weighted by molar-refractivity contribution is 14.0. The van der Waals surface area contributed by atoms with Gasteiger partial charge in [0.2, 0.25) is 0 Å². The Kier molecular flexibility index (Phi) is 10.6. The molecule has 6 nitrogen and oxygen atoms in total. The molecule has 0 aliphatic carbocycles. The lowest BCUT2D eigenvalue weighted by Gasteiger charge is -2.27. The van der Waals surface area contributed by atoms with Gasteiger partial charge in [-0.2, -0.15) is 0 Å². The SMILES string of the molecule is CN=C(NCCOc1ccccc1)NCC(C)(C)c1ccc(OC)c(OC)c1.I. The highest BCUT2D eigenvalue weighted by Crippen LogP contribution is 2.32. The topological polar surface area (TPSA) is 64.1 Å². The minimum absolute atomic E-state index is 0. The molecule has 2 rings (SSSR count). The van der Waals surface area contributed by atoms with E-state index in [0.29, 0.717) is 19.7 Å². The summed E-state index contributed by atoms with van der Waals surface area (Å²) >= 11 is 0. The van der Waals surface area contributed by atoms with Crippen molar-refractivity contribution in [3.05, 3.63) is 54.1 Å². The third-order valence-electron chi connectivity index (χ3n) is 4.49. The van der Waals surface area contributed by atoms with Crippen molar-refractivity contribution in [2.24, 2.45) is 4.99 Å². The van der Waals surface area contributed by atoms with Gasteiger partial charge in [0.15, 0.2) is 17.5 Å². The Bertz CT molecular complexity index is 767. The van der Waals surface area contributed by atoms with E-state index in [9.17, 15) is 0 Å². The van der Waals surface area contributed by atoms with Crippen molar-refractivity contribution in [3.63, 3.8) is 0 Å². The number of para-hydroxylation sites is 1. The summed E-state index contributed by atoms with van der Waals surface area (Å²) in [5.74, 6) is 3.06. The van der Waals surface area contributed by atoms with Crippen molar-refractivity contribution in [1.82, 2.24) is 10.6 Å². The second-order valence-electron chi connectivity index (χ2n) is 6.97. The van der Waals surface area contributed by atoms with E-state index in [4.69, 9.17) is 14.2 Å². The van der Waals surface area contributed by atoms with Gasteiger partial charge < -0.3 is 24.8 Å². The second kappa shape index (κ2) is 12.4. The second-order valence-corrected chi connectivity index (χ2v) is 6.97. The van der Waals surface area contributed by atoms with Crippen molar-refractivity contribution in [2.75, 3.05) is 41.0 Å². The van der Waals surface area contributed by atoms with Crippen LogP contribution in [0, 0.1) is 0 Å². The number of guanidine groups is 1. The number of methoxy groups -OCH3 is 2. The van der Waals surface area contributed by atoms with Crippen LogP contribution in [0.4, 0.5) is 0 Å². The van der Waals surface area contributed by atoms with Crippen LogP contribution in [0.25, 0.3) is 0 Å². The molecule has 0 amide bonds. The van der Waals surface area contributed by atoms with Crippen LogP contribution in [-0.2, 0) is 5.41 Å². The van der Waals surface area contributed by atoms with Gasteiger partial charge in [-0.05, 0) is 29.8 Å². The first-order valence-corrected chi connectivity index (χ1v) is 9.35. The Morgan fingerprint density at radius 2 is 1.66 bits per heavy atom. The zero-order chi connectivity index (χ0) is 20.4. The third kappa shape index (κ3) is 7.64. The fraction of sp³-hybridized carbons (Fsp3) is 0.409. The quantitative estimate of drug-likeness (QED) is 0.231. The molecule has 2 N–H and O–H groups in total. The molecule has 7 heteroatoms. The standard InChI is InChI=1S/C22H31N3O3.HI/c1-22(2,17-11-12-19(26-4)20(15-17)27-5)16-25-21(23-3)24-13-14-28-18-9-7-6-8-10-18;/h6-12,15H,13-14,16H2,1-5H3,(H2,23,24,25);1H. The lowest BCUT2D eigenvalue weighted by Crippen LogP contribution is -2.44. The van der Waals surface area contributed by atoms with Crippen LogP contribution < -0.4 is 24.8 Å². The fourth-order valence-electron chi connectivity index (χ4n) is 2.74. The summed E-state index contributed by atoms with van der Waals surface area (Å²) in [7, 11) is 5.05. The molecule has 0 saturated heterocycles. The van der Waals surface area contributed by atoms with Gasteiger partial charge in [-0.3, -0.25) is 4.99 Å². The summed E-state index contributed by atoms with van der Waals surface area (Å²) in [5.41, 5.74) is 1.03. The molecule has 0 aliphatic heterocycles. The van der Waals surface area contributed by atoms with Crippen LogP contribution in [-0.4, -0.2) is 46.9 Å². The van der Waals surface area contributed by atoms with Crippen LogP contribution in [0.1, 0.15) is 19.4 Å². The predicted octanol–water partition coefficient (Wildman–Crippen LogP) is 3.84. The maximum absolute atomic E-state index is 5.69. The molecule has 0 aromatic heterocycles. The molecular weight excluding hydrogens is 481 g/mol. The first-order chi connectivity index (χ1) is 13.5. The molecule has 2 aromatic carbocycles. The summed E-state index contributed by atoms with van der Waals surface area (Å²) < 4.78 is 16.4. The molecule has 2 aromatic rings. The van der Waals surface area contributed by atoms with Gasteiger partial charge in [0, 0.05) is 19.0 Å². The summed E-state index contributed by atoms with van der Waals surface area (Å²) in [6.45, 7) is 6.27. The maximum Gasteiger partial charge on any atom is 0.191 e. The van der Waals surface area contributed by atoms with E-state index in [0.717, 1.165) is 28.8 Å². The number of nitrogens with one attached hydrogen (secondary N) is 2. The average Bonchev–Trinajstić information content (AvgIpc) is 2.73. The number of rotatable bonds is 9. The van der Waals surface area contributed by atoms with Crippen molar-refractivity contribution in [3.8, 4) is 17.2 Å². The van der Waals surface area contributed by atoms with Gasteiger partial charge >= 0.3 is 0 Å². The van der Waals surface area contributed by atoms with E-state index in [2.05, 4.69) is 35.5 Å². The lowest BCUT2D eigenvalue weighted by molar-refractivity contribution is 0.321. The van der Waals surface area contributed by atoms with E-state index < -0.39 is 0 Å². The molecule has 0 aliphatic rings. The molecule has 0 radical (unpaired) electrons. The van der Waals surface area contributed by atoms with E-state index in [1.54, 1.807) is 21.3 Å². The normalized spacial score (nSPS) is 11.3. The number of benzene rings is 2. The summed E-state index contributed by atoms with van der Waals surface area (Å²) in [5, 5.41) is 6.66. The molecule has 0 spiro atoms. The molecule has 160 valence electrons. The van der Waals surface area contributed by atoms with Crippen LogP contribution in [0.3, 0.4) is 0 Å². The van der Waals surface area contributed by atoms with Gasteiger partial charge in [-0.25, -0.2) is 0 Å². The van der Waals surface area contributed by atoms with Gasteiger partial charge in [0.05, 0.1) is 20.8 Å². The summed E-state index contributed by atoms with van der Waals surface area (Å²) in [6, 6.07) is 15.8. The number of halogens is 1. The predicted molar refractivity (Wildman–Crippen MR) is 129 cm³/mol. The minimum Gasteiger partial charge on any atom is -0.493 e. The monoisotopic (exact) mass is 513 g/mol. The zero-order valence-corrected chi connectivity index (χ0v) is 20.2. The largest absolute Gasteiger partial charge is 0.493 e. The van der Waals surface area contributed by atoms with Crippen LogP contribution in [0.2, 0.25) is 0 Å². The number of ether oxygens (including phenoxy) is 3. The smallest absolute Gasteiger partial charge is 0.191 e. The van der Waals surface area contributed by atoms with Crippen LogP contribution in [0.15, 0.2) is 53.5 Å². The Balaban J connectivity index is 0.00000420. The van der Waals surface area contributed by atoms with E-state index >= 15 is 0 Å².